The summed E-state index contributed by atoms with van der Waals surface area (Å²) in [6, 6.07) is 16.2. The molecule has 166 valence electrons. The van der Waals surface area contributed by atoms with E-state index in [0.717, 1.165) is 11.1 Å². The van der Waals surface area contributed by atoms with Crippen LogP contribution in [0.2, 0.25) is 0 Å². The first kappa shape index (κ1) is 21.7. The minimum Gasteiger partial charge on any atom is -0.343 e. The van der Waals surface area contributed by atoms with E-state index < -0.39 is 35.3 Å². The van der Waals surface area contributed by atoms with Crippen molar-refractivity contribution in [1.82, 2.24) is 15.5 Å². The van der Waals surface area contributed by atoms with E-state index in [4.69, 9.17) is 0 Å². The Labute approximate surface area is 186 Å². The number of amides is 2. The Balaban J connectivity index is 1.45. The highest BCUT2D eigenvalue weighted by Crippen LogP contribution is 2.22. The van der Waals surface area contributed by atoms with E-state index in [1.54, 1.807) is 6.07 Å². The molecular weight excluding hydrogens is 427 g/mol. The van der Waals surface area contributed by atoms with E-state index in [9.17, 15) is 23.6 Å². The lowest BCUT2D eigenvalue weighted by molar-refractivity contribution is -0.115. The lowest BCUT2D eigenvalue weighted by atomic mass is 10.0. The van der Waals surface area contributed by atoms with E-state index in [1.165, 1.54) is 30.3 Å². The second kappa shape index (κ2) is 8.91. The number of rotatable bonds is 5. The maximum absolute atomic E-state index is 14.6. The van der Waals surface area contributed by atoms with Gasteiger partial charge in [0.15, 0.2) is 0 Å². The molecule has 0 saturated carbocycles. The molecule has 0 spiro atoms. The van der Waals surface area contributed by atoms with Crippen LogP contribution in [0.5, 0.6) is 0 Å². The van der Waals surface area contributed by atoms with Gasteiger partial charge in [-0.05, 0) is 42.3 Å². The van der Waals surface area contributed by atoms with Gasteiger partial charge in [0.05, 0.1) is 28.6 Å². The number of hydrogen-bond donors (Lipinski definition) is 4. The zero-order valence-electron chi connectivity index (χ0n) is 17.5. The van der Waals surface area contributed by atoms with Crippen molar-refractivity contribution >= 4 is 28.3 Å². The van der Waals surface area contributed by atoms with Gasteiger partial charge in [0.1, 0.15) is 5.82 Å². The van der Waals surface area contributed by atoms with Crippen molar-refractivity contribution in [2.75, 3.05) is 11.9 Å². The zero-order chi connectivity index (χ0) is 23.5. The number of H-pyrrole nitrogens is 2. The fraction of sp³-hybridized carbons (Fsp3) is 0.0833. The van der Waals surface area contributed by atoms with Gasteiger partial charge in [0, 0.05) is 0 Å². The van der Waals surface area contributed by atoms with E-state index in [0.29, 0.717) is 5.56 Å². The quantitative estimate of drug-likeness (QED) is 0.376. The summed E-state index contributed by atoms with van der Waals surface area (Å²) in [6.07, 6.45) is 0. The predicted octanol–water partition coefficient (Wildman–Crippen LogP) is 2.70. The number of halogens is 1. The van der Waals surface area contributed by atoms with Gasteiger partial charge in [0.25, 0.3) is 17.0 Å². The monoisotopic (exact) mass is 446 g/mol. The van der Waals surface area contributed by atoms with Crippen molar-refractivity contribution in [3.05, 3.63) is 98.3 Å². The van der Waals surface area contributed by atoms with Gasteiger partial charge < -0.3 is 10.6 Å². The SMILES string of the molecule is Cc1ccc(-c2ccc(C(=O)NCC(=O)Nc3cccc4c(=O)[nH][nH]c(=O)c34)c(F)c2)cc1. The van der Waals surface area contributed by atoms with Gasteiger partial charge in [0.2, 0.25) is 5.91 Å². The number of aromatic nitrogens is 2. The van der Waals surface area contributed by atoms with Gasteiger partial charge in [-0.25, -0.2) is 4.39 Å². The third-order valence-corrected chi connectivity index (χ3v) is 5.11. The Bertz CT molecular complexity index is 1490. The molecule has 0 unspecified atom stereocenters. The van der Waals surface area contributed by atoms with Crippen LogP contribution >= 0.6 is 0 Å². The Kier molecular flexibility index (Phi) is 5.86. The van der Waals surface area contributed by atoms with Crippen molar-refractivity contribution in [2.24, 2.45) is 0 Å². The first-order chi connectivity index (χ1) is 15.8. The molecule has 4 N–H and O–H groups in total. The molecule has 0 fully saturated rings. The van der Waals surface area contributed by atoms with Crippen LogP contribution in [0.15, 0.2) is 70.3 Å². The molecular formula is C24H19FN4O4. The molecule has 0 aliphatic carbocycles. The normalized spacial score (nSPS) is 10.7. The molecule has 2 amide bonds. The number of carbonyl (C=O) groups excluding carboxylic acids is 2. The molecule has 0 saturated heterocycles. The predicted molar refractivity (Wildman–Crippen MR) is 123 cm³/mol. The molecule has 9 heteroatoms. The smallest absolute Gasteiger partial charge is 0.272 e. The molecule has 4 rings (SSSR count). The molecule has 0 atom stereocenters. The molecule has 4 aromatic rings. The molecule has 1 heterocycles. The van der Waals surface area contributed by atoms with Gasteiger partial charge in [-0.3, -0.25) is 29.4 Å². The van der Waals surface area contributed by atoms with Crippen LogP contribution in [0.4, 0.5) is 10.1 Å². The van der Waals surface area contributed by atoms with E-state index >= 15 is 0 Å². The molecule has 8 nitrogen and oxygen atoms in total. The Hall–Kier alpha value is -4.53. The van der Waals surface area contributed by atoms with Crippen LogP contribution in [0.3, 0.4) is 0 Å². The van der Waals surface area contributed by atoms with Gasteiger partial charge in [-0.15, -0.1) is 0 Å². The summed E-state index contributed by atoms with van der Waals surface area (Å²) in [5, 5.41) is 9.37. The van der Waals surface area contributed by atoms with Crippen LogP contribution in [-0.2, 0) is 4.79 Å². The summed E-state index contributed by atoms with van der Waals surface area (Å²) in [6.45, 7) is 1.49. The van der Waals surface area contributed by atoms with E-state index in [-0.39, 0.29) is 22.0 Å². The standard InChI is InChI=1S/C24H19FN4O4/c1-13-5-7-14(8-6-13)15-9-10-16(18(25)11-15)22(31)26-12-20(30)27-19-4-2-3-17-21(19)24(33)29-28-23(17)32/h2-11H,12H2,1H3,(H,26,31)(H,27,30)(H,28,32)(H,29,33). The van der Waals surface area contributed by atoms with Gasteiger partial charge in [-0.1, -0.05) is 42.0 Å². The second-order valence-electron chi connectivity index (χ2n) is 7.43. The molecule has 33 heavy (non-hydrogen) atoms. The molecule has 0 bridgehead atoms. The first-order valence-corrected chi connectivity index (χ1v) is 10.0. The molecule has 1 aromatic heterocycles. The number of anilines is 1. The van der Waals surface area contributed by atoms with Gasteiger partial charge >= 0.3 is 0 Å². The van der Waals surface area contributed by atoms with Crippen molar-refractivity contribution in [1.29, 1.82) is 0 Å². The minimum absolute atomic E-state index is 0.0127. The molecule has 0 aliphatic rings. The van der Waals surface area contributed by atoms with Gasteiger partial charge in [-0.2, -0.15) is 0 Å². The lowest BCUT2D eigenvalue weighted by Crippen LogP contribution is -2.33. The summed E-state index contributed by atoms with van der Waals surface area (Å²) in [5.41, 5.74) is 1.33. The zero-order valence-corrected chi connectivity index (χ0v) is 17.5. The number of fused-ring (bicyclic) bond motifs is 1. The number of aryl methyl sites for hydroxylation is 1. The molecule has 3 aromatic carbocycles. The summed E-state index contributed by atoms with van der Waals surface area (Å²) < 4.78 is 14.6. The van der Waals surface area contributed by atoms with Crippen molar-refractivity contribution in [3.63, 3.8) is 0 Å². The second-order valence-corrected chi connectivity index (χ2v) is 7.43. The number of nitrogens with one attached hydrogen (secondary N) is 4. The fourth-order valence-corrected chi connectivity index (χ4v) is 3.41. The maximum Gasteiger partial charge on any atom is 0.272 e. The Morgan fingerprint density at radius 3 is 2.33 bits per heavy atom. The highest BCUT2D eigenvalue weighted by molar-refractivity contribution is 6.04. The topological polar surface area (TPSA) is 124 Å². The highest BCUT2D eigenvalue weighted by Gasteiger charge is 2.15. The molecule has 0 aliphatic heterocycles. The molecule has 0 radical (unpaired) electrons. The summed E-state index contributed by atoms with van der Waals surface area (Å²) in [5.74, 6) is -2.12. The van der Waals surface area contributed by atoms with Crippen molar-refractivity contribution < 1.29 is 14.0 Å². The van der Waals surface area contributed by atoms with Crippen molar-refractivity contribution in [2.45, 2.75) is 6.92 Å². The maximum atomic E-state index is 14.6. The summed E-state index contributed by atoms with van der Waals surface area (Å²) in [7, 11) is 0. The number of carbonyl (C=O) groups is 2. The third-order valence-electron chi connectivity index (χ3n) is 5.11. The number of hydrogen-bond acceptors (Lipinski definition) is 4. The first-order valence-electron chi connectivity index (χ1n) is 10.0. The minimum atomic E-state index is -0.759. The van der Waals surface area contributed by atoms with Crippen LogP contribution in [-0.4, -0.2) is 28.6 Å². The Morgan fingerprint density at radius 1 is 0.909 bits per heavy atom. The highest BCUT2D eigenvalue weighted by atomic mass is 19.1. The number of benzene rings is 3. The number of aromatic amines is 2. The Morgan fingerprint density at radius 2 is 1.61 bits per heavy atom. The summed E-state index contributed by atoms with van der Waals surface area (Å²) in [4.78, 5) is 48.7. The van der Waals surface area contributed by atoms with Crippen LogP contribution in [0.25, 0.3) is 21.9 Å². The van der Waals surface area contributed by atoms with Crippen molar-refractivity contribution in [3.8, 4) is 11.1 Å². The largest absolute Gasteiger partial charge is 0.343 e. The van der Waals surface area contributed by atoms with E-state index in [2.05, 4.69) is 20.8 Å². The van der Waals surface area contributed by atoms with Crippen LogP contribution in [0, 0.1) is 12.7 Å². The fourth-order valence-electron chi connectivity index (χ4n) is 3.41. The van der Waals surface area contributed by atoms with E-state index in [1.807, 2.05) is 31.2 Å². The van der Waals surface area contributed by atoms with Crippen LogP contribution < -0.4 is 21.8 Å². The third kappa shape index (κ3) is 4.57. The van der Waals surface area contributed by atoms with Crippen LogP contribution in [0.1, 0.15) is 15.9 Å². The summed E-state index contributed by atoms with van der Waals surface area (Å²) >= 11 is 0. The average Bonchev–Trinajstić information content (AvgIpc) is 2.80. The lowest BCUT2D eigenvalue weighted by Gasteiger charge is -2.10. The average molecular weight is 446 g/mol.